The Balaban J connectivity index is 1.63. The second kappa shape index (κ2) is 5.62. The van der Waals surface area contributed by atoms with Crippen LogP contribution in [0, 0.1) is 0 Å². The number of carbonyl (C=O) groups is 1. The number of hydrogen-bond acceptors (Lipinski definition) is 5. The summed E-state index contributed by atoms with van der Waals surface area (Å²) < 4.78 is 4.88. The van der Waals surface area contributed by atoms with E-state index in [1.807, 2.05) is 0 Å². The van der Waals surface area contributed by atoms with Gasteiger partial charge in [0.05, 0.1) is 7.11 Å². The number of carbonyl (C=O) groups excluding carboxylic acids is 1. The van der Waals surface area contributed by atoms with Crippen molar-refractivity contribution in [1.29, 1.82) is 0 Å². The summed E-state index contributed by atoms with van der Waals surface area (Å²) in [5.74, 6) is -0.239. The van der Waals surface area contributed by atoms with Crippen molar-refractivity contribution < 1.29 is 9.53 Å². The Morgan fingerprint density at radius 1 is 1.15 bits per heavy atom. The van der Waals surface area contributed by atoms with Crippen LogP contribution in [0.5, 0.6) is 0 Å². The summed E-state index contributed by atoms with van der Waals surface area (Å²) in [7, 11) is 1.44. The molecule has 1 saturated carbocycles. The van der Waals surface area contributed by atoms with Gasteiger partial charge in [-0.15, -0.1) is 0 Å². The zero-order valence-electron chi connectivity index (χ0n) is 12.5. The Morgan fingerprint density at radius 3 is 2.70 bits per heavy atom. The lowest BCUT2D eigenvalue weighted by Gasteiger charge is -2.31. The van der Waals surface area contributed by atoms with Crippen LogP contribution in [0.2, 0.25) is 0 Å². The Labute approximate surface area is 121 Å². The molecule has 3 rings (SSSR count). The van der Waals surface area contributed by atoms with Crippen LogP contribution in [0.4, 0.5) is 0 Å². The molecule has 2 aliphatic heterocycles. The monoisotopic (exact) mass is 281 g/mol. The third kappa shape index (κ3) is 2.59. The standard InChI is InChI=1S/C15H27N3O2/c1-20-14(19)15(16)6-5-12(10-15)18-9-3-8-17-7-2-4-13(17)11-18/h12-13H,2-11,16H2,1H3. The minimum absolute atomic E-state index is 0.239. The first-order valence-electron chi connectivity index (χ1n) is 7.98. The van der Waals surface area contributed by atoms with Gasteiger partial charge in [-0.25, -0.2) is 0 Å². The van der Waals surface area contributed by atoms with Crippen LogP contribution in [0.1, 0.15) is 38.5 Å². The number of methoxy groups -OCH3 is 1. The summed E-state index contributed by atoms with van der Waals surface area (Å²) in [5.41, 5.74) is 5.50. The molecular weight excluding hydrogens is 254 g/mol. The second-order valence-corrected chi connectivity index (χ2v) is 6.72. The number of hydrogen-bond donors (Lipinski definition) is 1. The van der Waals surface area contributed by atoms with Gasteiger partial charge in [0, 0.05) is 18.6 Å². The molecule has 2 heterocycles. The zero-order valence-corrected chi connectivity index (χ0v) is 12.5. The van der Waals surface area contributed by atoms with Gasteiger partial charge < -0.3 is 10.5 Å². The molecule has 0 radical (unpaired) electrons. The Bertz CT molecular complexity index is 376. The molecule has 0 aromatic rings. The lowest BCUT2D eigenvalue weighted by molar-refractivity contribution is -0.147. The van der Waals surface area contributed by atoms with Crippen molar-refractivity contribution in [3.05, 3.63) is 0 Å². The third-order valence-electron chi connectivity index (χ3n) is 5.47. The number of rotatable bonds is 2. The molecule has 114 valence electrons. The average Bonchev–Trinajstić information content (AvgIpc) is 3.00. The van der Waals surface area contributed by atoms with E-state index in [0.717, 1.165) is 38.4 Å². The van der Waals surface area contributed by atoms with Gasteiger partial charge in [0.25, 0.3) is 0 Å². The fourth-order valence-corrected chi connectivity index (χ4v) is 4.32. The average molecular weight is 281 g/mol. The van der Waals surface area contributed by atoms with Crippen LogP contribution in [0.25, 0.3) is 0 Å². The summed E-state index contributed by atoms with van der Waals surface area (Å²) in [6.45, 7) is 4.81. The first kappa shape index (κ1) is 14.3. The molecule has 5 nitrogen and oxygen atoms in total. The molecule has 0 aromatic carbocycles. The van der Waals surface area contributed by atoms with Gasteiger partial charge in [-0.2, -0.15) is 0 Å². The van der Waals surface area contributed by atoms with Gasteiger partial charge in [-0.1, -0.05) is 0 Å². The molecule has 2 saturated heterocycles. The van der Waals surface area contributed by atoms with Crippen LogP contribution in [0.3, 0.4) is 0 Å². The molecule has 0 aromatic heterocycles. The highest BCUT2D eigenvalue weighted by Gasteiger charge is 2.45. The van der Waals surface area contributed by atoms with E-state index in [1.54, 1.807) is 0 Å². The lowest BCUT2D eigenvalue weighted by Crippen LogP contribution is -2.48. The number of fused-ring (bicyclic) bond motifs is 1. The van der Waals surface area contributed by atoms with E-state index in [0.29, 0.717) is 6.04 Å². The van der Waals surface area contributed by atoms with Gasteiger partial charge >= 0.3 is 5.97 Å². The van der Waals surface area contributed by atoms with Crippen LogP contribution < -0.4 is 5.73 Å². The molecule has 3 fully saturated rings. The Morgan fingerprint density at radius 2 is 1.90 bits per heavy atom. The molecule has 0 bridgehead atoms. The molecule has 3 unspecified atom stereocenters. The third-order valence-corrected chi connectivity index (χ3v) is 5.47. The minimum atomic E-state index is -0.749. The second-order valence-electron chi connectivity index (χ2n) is 6.72. The summed E-state index contributed by atoms with van der Waals surface area (Å²) in [5, 5.41) is 0. The predicted molar refractivity (Wildman–Crippen MR) is 77.4 cm³/mol. The highest BCUT2D eigenvalue weighted by Crippen LogP contribution is 2.34. The van der Waals surface area contributed by atoms with Gasteiger partial charge in [0.15, 0.2) is 0 Å². The van der Waals surface area contributed by atoms with E-state index in [2.05, 4.69) is 9.80 Å². The fraction of sp³-hybridized carbons (Fsp3) is 0.933. The highest BCUT2D eigenvalue weighted by atomic mass is 16.5. The number of ether oxygens (including phenoxy) is 1. The quantitative estimate of drug-likeness (QED) is 0.750. The van der Waals surface area contributed by atoms with Gasteiger partial charge in [-0.3, -0.25) is 14.6 Å². The van der Waals surface area contributed by atoms with Crippen molar-refractivity contribution in [1.82, 2.24) is 9.80 Å². The largest absolute Gasteiger partial charge is 0.468 e. The molecule has 5 heteroatoms. The number of esters is 1. The van der Waals surface area contributed by atoms with Crippen molar-refractivity contribution in [3.63, 3.8) is 0 Å². The SMILES string of the molecule is COC(=O)C1(N)CCC(N2CCCN3CCCC3C2)C1. The Hall–Kier alpha value is -0.650. The van der Waals surface area contributed by atoms with Gasteiger partial charge in [-0.05, 0) is 58.2 Å². The molecule has 20 heavy (non-hydrogen) atoms. The molecule has 3 atom stereocenters. The summed E-state index contributed by atoms with van der Waals surface area (Å²) in [4.78, 5) is 17.1. The van der Waals surface area contributed by atoms with Gasteiger partial charge in [0.2, 0.25) is 0 Å². The predicted octanol–water partition coefficient (Wildman–Crippen LogP) is 0.580. The maximum Gasteiger partial charge on any atom is 0.325 e. The molecule has 0 amide bonds. The molecule has 3 aliphatic rings. The van der Waals surface area contributed by atoms with Crippen LogP contribution in [0.15, 0.2) is 0 Å². The minimum Gasteiger partial charge on any atom is -0.468 e. The maximum atomic E-state index is 11.8. The number of nitrogens with two attached hydrogens (primary N) is 1. The summed E-state index contributed by atoms with van der Waals surface area (Å²) in [6, 6.07) is 1.18. The van der Waals surface area contributed by atoms with Gasteiger partial charge in [0.1, 0.15) is 5.54 Å². The molecule has 1 aliphatic carbocycles. The van der Waals surface area contributed by atoms with Crippen molar-refractivity contribution >= 4 is 5.97 Å². The number of nitrogens with zero attached hydrogens (tertiary/aromatic N) is 2. The van der Waals surface area contributed by atoms with E-state index < -0.39 is 5.54 Å². The van der Waals surface area contributed by atoms with Crippen LogP contribution in [-0.4, -0.2) is 66.7 Å². The smallest absolute Gasteiger partial charge is 0.325 e. The first-order chi connectivity index (χ1) is 9.62. The van der Waals surface area contributed by atoms with E-state index in [-0.39, 0.29) is 5.97 Å². The summed E-state index contributed by atoms with van der Waals surface area (Å²) >= 11 is 0. The topological polar surface area (TPSA) is 58.8 Å². The van der Waals surface area contributed by atoms with E-state index in [1.165, 1.54) is 39.5 Å². The highest BCUT2D eigenvalue weighted by molar-refractivity contribution is 5.81. The van der Waals surface area contributed by atoms with Crippen molar-refractivity contribution in [2.45, 2.75) is 56.1 Å². The van der Waals surface area contributed by atoms with E-state index in [4.69, 9.17) is 10.5 Å². The molecule has 0 spiro atoms. The normalized spacial score (nSPS) is 39.5. The summed E-state index contributed by atoms with van der Waals surface area (Å²) in [6.07, 6.45) is 6.45. The zero-order chi connectivity index (χ0) is 14.2. The Kier molecular flexibility index (Phi) is 4.02. The van der Waals surface area contributed by atoms with E-state index in [9.17, 15) is 4.79 Å². The van der Waals surface area contributed by atoms with Crippen molar-refractivity contribution in [2.24, 2.45) is 5.73 Å². The fourth-order valence-electron chi connectivity index (χ4n) is 4.32. The van der Waals surface area contributed by atoms with Crippen molar-refractivity contribution in [3.8, 4) is 0 Å². The first-order valence-corrected chi connectivity index (χ1v) is 7.98. The van der Waals surface area contributed by atoms with Crippen molar-refractivity contribution in [2.75, 3.05) is 33.3 Å². The molecule has 2 N–H and O–H groups in total. The van der Waals surface area contributed by atoms with Crippen LogP contribution in [-0.2, 0) is 9.53 Å². The lowest BCUT2D eigenvalue weighted by atomic mass is 9.99. The maximum absolute atomic E-state index is 11.8. The van der Waals surface area contributed by atoms with E-state index >= 15 is 0 Å². The molecular formula is C15H27N3O2. The van der Waals surface area contributed by atoms with Crippen LogP contribution >= 0.6 is 0 Å².